The Labute approximate surface area is 204 Å². The van der Waals surface area contributed by atoms with Crippen LogP contribution in [0.5, 0.6) is 0 Å². The number of hydrogen-bond acceptors (Lipinski definition) is 2. The molecule has 0 spiro atoms. The minimum atomic E-state index is -0.226. The van der Waals surface area contributed by atoms with Crippen LogP contribution in [-0.2, 0) is 6.42 Å². The molecule has 0 radical (unpaired) electrons. The van der Waals surface area contributed by atoms with Crippen LogP contribution in [0, 0.1) is 12.7 Å². The molecule has 3 heteroatoms. The van der Waals surface area contributed by atoms with E-state index >= 15 is 0 Å². The van der Waals surface area contributed by atoms with Gasteiger partial charge >= 0.3 is 0 Å². The van der Waals surface area contributed by atoms with Gasteiger partial charge in [-0.2, -0.15) is 0 Å². The van der Waals surface area contributed by atoms with E-state index in [1.54, 1.807) is 6.07 Å². The molecule has 2 nitrogen and oxygen atoms in total. The van der Waals surface area contributed by atoms with Crippen molar-refractivity contribution in [2.24, 2.45) is 0 Å². The van der Waals surface area contributed by atoms with E-state index in [2.05, 4.69) is 57.0 Å². The third-order valence-corrected chi connectivity index (χ3v) is 6.19. The highest BCUT2D eigenvalue weighted by Crippen LogP contribution is 2.34. The first-order valence-corrected chi connectivity index (χ1v) is 12.3. The summed E-state index contributed by atoms with van der Waals surface area (Å²) < 4.78 is 14.8. The van der Waals surface area contributed by atoms with Gasteiger partial charge < -0.3 is 4.90 Å². The molecule has 0 aliphatic heterocycles. The average molecular weight is 457 g/mol. The summed E-state index contributed by atoms with van der Waals surface area (Å²) in [6.45, 7) is 18.3. The average Bonchev–Trinajstić information content (AvgIpc) is 2.83. The Kier molecular flexibility index (Phi) is 8.81. The van der Waals surface area contributed by atoms with Gasteiger partial charge in [-0.15, -0.1) is 6.58 Å². The van der Waals surface area contributed by atoms with Gasteiger partial charge in [0.05, 0.1) is 11.4 Å². The first kappa shape index (κ1) is 25.4. The predicted molar refractivity (Wildman–Crippen MR) is 146 cm³/mol. The van der Waals surface area contributed by atoms with Gasteiger partial charge in [-0.25, -0.2) is 4.39 Å². The molecular formula is C31H37FN2. The van der Waals surface area contributed by atoms with E-state index < -0.39 is 0 Å². The summed E-state index contributed by atoms with van der Waals surface area (Å²) in [5.41, 5.74) is 8.94. The normalized spacial score (nSPS) is 10.9. The minimum absolute atomic E-state index is 0.226. The van der Waals surface area contributed by atoms with Crippen LogP contribution < -0.4 is 4.90 Å². The number of nitrogens with zero attached hydrogens (tertiary/aromatic N) is 2. The molecule has 0 bridgehead atoms. The van der Waals surface area contributed by atoms with Crippen LogP contribution in [0.3, 0.4) is 0 Å². The van der Waals surface area contributed by atoms with Crippen molar-refractivity contribution in [3.8, 4) is 22.3 Å². The van der Waals surface area contributed by atoms with E-state index in [1.807, 2.05) is 31.3 Å². The Morgan fingerprint density at radius 2 is 1.79 bits per heavy atom. The fourth-order valence-corrected chi connectivity index (χ4v) is 4.31. The van der Waals surface area contributed by atoms with Crippen molar-refractivity contribution < 1.29 is 4.39 Å². The molecule has 0 amide bonds. The number of allylic oxidation sites excluding steroid dienone is 1. The van der Waals surface area contributed by atoms with Crippen molar-refractivity contribution in [1.82, 2.24) is 4.98 Å². The first-order chi connectivity index (χ1) is 16.4. The Morgan fingerprint density at radius 3 is 2.47 bits per heavy atom. The van der Waals surface area contributed by atoms with Gasteiger partial charge in [0.1, 0.15) is 5.82 Å². The molecule has 0 aliphatic carbocycles. The first-order valence-electron chi connectivity index (χ1n) is 12.3. The number of aromatic nitrogens is 1. The fourth-order valence-electron chi connectivity index (χ4n) is 4.31. The monoisotopic (exact) mass is 456 g/mol. The zero-order valence-electron chi connectivity index (χ0n) is 21.1. The van der Waals surface area contributed by atoms with E-state index in [1.165, 1.54) is 11.8 Å². The van der Waals surface area contributed by atoms with Crippen molar-refractivity contribution in [3.05, 3.63) is 90.5 Å². The molecule has 2 aromatic carbocycles. The summed E-state index contributed by atoms with van der Waals surface area (Å²) in [6, 6.07) is 13.6. The van der Waals surface area contributed by atoms with E-state index in [0.29, 0.717) is 5.56 Å². The summed E-state index contributed by atoms with van der Waals surface area (Å²) in [7, 11) is 0. The lowest BCUT2D eigenvalue weighted by molar-refractivity contribution is 0.631. The van der Waals surface area contributed by atoms with Gasteiger partial charge in [0.15, 0.2) is 0 Å². The van der Waals surface area contributed by atoms with Crippen LogP contribution in [0.4, 0.5) is 10.1 Å². The molecule has 0 unspecified atom stereocenters. The van der Waals surface area contributed by atoms with Gasteiger partial charge in [-0.05, 0) is 79.6 Å². The molecule has 0 saturated heterocycles. The highest BCUT2D eigenvalue weighted by molar-refractivity contribution is 5.79. The van der Waals surface area contributed by atoms with Gasteiger partial charge in [0.2, 0.25) is 0 Å². The molecule has 0 N–H and O–H groups in total. The minimum Gasteiger partial charge on any atom is -0.370 e. The number of pyridine rings is 1. The van der Waals surface area contributed by atoms with Crippen molar-refractivity contribution >= 4 is 11.3 Å². The number of benzene rings is 2. The maximum atomic E-state index is 14.8. The van der Waals surface area contributed by atoms with Gasteiger partial charge in [0.25, 0.3) is 0 Å². The summed E-state index contributed by atoms with van der Waals surface area (Å²) in [5, 5.41) is 0. The lowest BCUT2D eigenvalue weighted by atomic mass is 9.93. The summed E-state index contributed by atoms with van der Waals surface area (Å²) >= 11 is 0. The molecule has 1 heterocycles. The van der Waals surface area contributed by atoms with Crippen molar-refractivity contribution in [2.75, 3.05) is 18.0 Å². The van der Waals surface area contributed by atoms with Gasteiger partial charge in [0, 0.05) is 30.4 Å². The van der Waals surface area contributed by atoms with Crippen LogP contribution in [0.15, 0.2) is 67.9 Å². The van der Waals surface area contributed by atoms with Crippen LogP contribution in [0.1, 0.15) is 56.9 Å². The van der Waals surface area contributed by atoms with E-state index in [9.17, 15) is 4.39 Å². The second-order valence-corrected chi connectivity index (χ2v) is 9.01. The quantitative estimate of drug-likeness (QED) is 0.268. The standard InChI is InChI=1S/C31H37FN2/c1-7-10-17-34(16-9-3)31-20-26(21-33-30(31)11-8-2)27-19-25(13-12-23(27)6)28-18-24(22(4)5)14-15-29(28)32/h7,12-15,18-21H,1,4,8-11,16-17H2,2-3,5-6H3. The Balaban J connectivity index is 2.12. The summed E-state index contributed by atoms with van der Waals surface area (Å²) in [4.78, 5) is 7.33. The zero-order valence-corrected chi connectivity index (χ0v) is 21.1. The zero-order chi connectivity index (χ0) is 24.7. The largest absolute Gasteiger partial charge is 0.370 e. The van der Waals surface area contributed by atoms with Crippen molar-refractivity contribution in [2.45, 2.75) is 53.4 Å². The molecular weight excluding hydrogens is 419 g/mol. The third kappa shape index (κ3) is 5.83. The molecule has 0 fully saturated rings. The fraction of sp³-hybridized carbons (Fsp3) is 0.323. The Morgan fingerprint density at radius 1 is 1.00 bits per heavy atom. The lowest BCUT2D eigenvalue weighted by Crippen LogP contribution is -2.26. The van der Waals surface area contributed by atoms with E-state index in [-0.39, 0.29) is 5.82 Å². The van der Waals surface area contributed by atoms with E-state index in [0.717, 1.165) is 77.9 Å². The Bertz CT molecular complexity index is 1160. The van der Waals surface area contributed by atoms with Crippen LogP contribution in [-0.4, -0.2) is 18.1 Å². The molecule has 3 rings (SSSR count). The highest BCUT2D eigenvalue weighted by Gasteiger charge is 2.15. The molecule has 34 heavy (non-hydrogen) atoms. The third-order valence-electron chi connectivity index (χ3n) is 6.19. The van der Waals surface area contributed by atoms with Gasteiger partial charge in [-0.1, -0.05) is 56.7 Å². The molecule has 0 saturated carbocycles. The Hall–Kier alpha value is -3.20. The summed E-state index contributed by atoms with van der Waals surface area (Å²) in [6.07, 6.45) is 7.94. The number of hydrogen-bond donors (Lipinski definition) is 0. The maximum Gasteiger partial charge on any atom is 0.131 e. The maximum absolute atomic E-state index is 14.8. The second kappa shape index (κ2) is 11.8. The van der Waals surface area contributed by atoms with Gasteiger partial charge in [-0.3, -0.25) is 4.98 Å². The molecule has 1 aromatic heterocycles. The van der Waals surface area contributed by atoms with E-state index in [4.69, 9.17) is 4.98 Å². The topological polar surface area (TPSA) is 16.1 Å². The second-order valence-electron chi connectivity index (χ2n) is 9.01. The SMILES string of the molecule is C=CCCN(CCC)c1cc(-c2cc(-c3cc(C(=C)C)ccc3F)ccc2C)cnc1CCC. The number of rotatable bonds is 11. The van der Waals surface area contributed by atoms with Crippen molar-refractivity contribution in [3.63, 3.8) is 0 Å². The van der Waals surface area contributed by atoms with Crippen LogP contribution in [0.2, 0.25) is 0 Å². The summed E-state index contributed by atoms with van der Waals surface area (Å²) in [5.74, 6) is -0.226. The smallest absolute Gasteiger partial charge is 0.131 e. The number of halogens is 1. The lowest BCUT2D eigenvalue weighted by Gasteiger charge is -2.27. The number of aryl methyl sites for hydroxylation is 2. The predicted octanol–water partition coefficient (Wildman–Crippen LogP) is 8.64. The number of anilines is 1. The van der Waals surface area contributed by atoms with Crippen LogP contribution >= 0.6 is 0 Å². The molecule has 0 aliphatic rings. The van der Waals surface area contributed by atoms with Crippen LogP contribution in [0.25, 0.3) is 27.8 Å². The molecule has 178 valence electrons. The molecule has 0 atom stereocenters. The highest BCUT2D eigenvalue weighted by atomic mass is 19.1. The molecule has 3 aromatic rings. The van der Waals surface area contributed by atoms with Crippen molar-refractivity contribution in [1.29, 1.82) is 0 Å².